The molecular weight excluding hydrogens is 556 g/mol. The summed E-state index contributed by atoms with van der Waals surface area (Å²) in [6.45, 7) is 2.01. The second-order valence-corrected chi connectivity index (χ2v) is 12.0. The molecule has 5 aliphatic heterocycles. The van der Waals surface area contributed by atoms with E-state index in [1.54, 1.807) is 14.2 Å². The van der Waals surface area contributed by atoms with Gasteiger partial charge in [0.1, 0.15) is 5.75 Å². The molecule has 6 bridgehead atoms. The summed E-state index contributed by atoms with van der Waals surface area (Å²) in [5, 5.41) is 3.72. The van der Waals surface area contributed by atoms with E-state index in [1.807, 2.05) is 6.07 Å². The minimum atomic E-state index is 0.0489. The van der Waals surface area contributed by atoms with Gasteiger partial charge in [-0.25, -0.2) is 0 Å². The molecule has 2 atom stereocenters. The molecule has 0 aromatic heterocycles. The van der Waals surface area contributed by atoms with Gasteiger partial charge in [0.2, 0.25) is 12.5 Å². The molecule has 0 unspecified atom stereocenters. The number of benzene rings is 4. The summed E-state index contributed by atoms with van der Waals surface area (Å²) >= 11 is 0. The van der Waals surface area contributed by atoms with Crippen LogP contribution in [-0.4, -0.2) is 46.0 Å². The topological polar surface area (TPSA) is 70.7 Å². The predicted octanol–water partition coefficient (Wildman–Crippen LogP) is 6.53. The first kappa shape index (κ1) is 27.2. The van der Waals surface area contributed by atoms with Gasteiger partial charge in [-0.15, -0.1) is 0 Å². The van der Waals surface area contributed by atoms with Crippen LogP contribution in [0.5, 0.6) is 46.0 Å². The van der Waals surface area contributed by atoms with Crippen molar-refractivity contribution in [2.24, 2.45) is 0 Å². The maximum Gasteiger partial charge on any atom is 0.231 e. The number of likely N-dealkylation sites (N-methyl/N-ethyl adjacent to an activating group) is 1. The third-order valence-corrected chi connectivity index (χ3v) is 9.39. The third kappa shape index (κ3) is 4.69. The van der Waals surface area contributed by atoms with Crippen molar-refractivity contribution in [3.05, 3.63) is 94.0 Å². The second-order valence-electron chi connectivity index (χ2n) is 12.0. The highest BCUT2D eigenvalue weighted by Gasteiger charge is 2.35. The fourth-order valence-corrected chi connectivity index (χ4v) is 7.07. The Kier molecular flexibility index (Phi) is 6.76. The average Bonchev–Trinajstić information content (AvgIpc) is 3.52. The Hall–Kier alpha value is -4.40. The molecule has 5 heterocycles. The third-order valence-electron chi connectivity index (χ3n) is 9.39. The van der Waals surface area contributed by atoms with Crippen molar-refractivity contribution in [2.45, 2.75) is 37.8 Å². The Morgan fingerprint density at radius 1 is 0.750 bits per heavy atom. The lowest BCUT2D eigenvalue weighted by molar-refractivity contribution is 0.171. The first-order valence-electron chi connectivity index (χ1n) is 15.3. The van der Waals surface area contributed by atoms with Crippen molar-refractivity contribution in [1.82, 2.24) is 10.2 Å². The average molecular weight is 593 g/mol. The van der Waals surface area contributed by atoms with Gasteiger partial charge in [0.05, 0.1) is 14.2 Å². The van der Waals surface area contributed by atoms with Crippen LogP contribution in [0.2, 0.25) is 0 Å². The minimum Gasteiger partial charge on any atom is -0.493 e. The molecule has 0 saturated carbocycles. The summed E-state index contributed by atoms with van der Waals surface area (Å²) in [4.78, 5) is 2.39. The van der Waals surface area contributed by atoms with Crippen LogP contribution in [0.25, 0.3) is 0 Å². The fourth-order valence-electron chi connectivity index (χ4n) is 7.07. The van der Waals surface area contributed by atoms with Gasteiger partial charge in [-0.05, 0) is 110 Å². The van der Waals surface area contributed by atoms with Crippen LogP contribution in [0.15, 0.2) is 60.7 Å². The van der Waals surface area contributed by atoms with Crippen LogP contribution in [-0.2, 0) is 25.7 Å². The lowest BCUT2D eigenvalue weighted by Crippen LogP contribution is -2.33. The molecular formula is C36H36N2O6. The van der Waals surface area contributed by atoms with Crippen LogP contribution in [0, 0.1) is 0 Å². The number of fused-ring (bicyclic) bond motifs is 3. The van der Waals surface area contributed by atoms with Gasteiger partial charge >= 0.3 is 0 Å². The highest BCUT2D eigenvalue weighted by atomic mass is 16.7. The van der Waals surface area contributed by atoms with Gasteiger partial charge < -0.3 is 33.7 Å². The van der Waals surface area contributed by atoms with E-state index in [4.69, 9.17) is 28.4 Å². The molecule has 0 radical (unpaired) electrons. The van der Waals surface area contributed by atoms with Crippen molar-refractivity contribution in [1.29, 1.82) is 0 Å². The van der Waals surface area contributed by atoms with Crippen molar-refractivity contribution in [3.63, 3.8) is 0 Å². The summed E-state index contributed by atoms with van der Waals surface area (Å²) in [5.41, 5.74) is 7.20. The molecule has 226 valence electrons. The van der Waals surface area contributed by atoms with E-state index in [0.29, 0.717) is 23.0 Å². The van der Waals surface area contributed by atoms with Crippen LogP contribution in [0.4, 0.5) is 0 Å². The standard InChI is InChI=1S/C36H36N2O6/c1-38-13-11-24-18-33-35(42-20-41-33)36-34(24)28(38)15-22-6-9-29(39-2)31(16-22)44-32-19-26-23(17-30(32)40-3)10-12-37-27(26)14-21-4-7-25(43-36)8-5-21/h4-9,16-19,27-28,37H,10-15,20H2,1-3H3/t27-,28-/m1/s1. The Balaban J connectivity index is 1.31. The van der Waals surface area contributed by atoms with E-state index in [2.05, 4.69) is 71.9 Å². The zero-order valence-corrected chi connectivity index (χ0v) is 25.3. The van der Waals surface area contributed by atoms with E-state index in [1.165, 1.54) is 22.3 Å². The van der Waals surface area contributed by atoms with E-state index >= 15 is 0 Å². The number of rotatable bonds is 2. The molecule has 0 spiro atoms. The summed E-state index contributed by atoms with van der Waals surface area (Å²) in [6.07, 6.45) is 3.40. The SMILES string of the molecule is COc1ccc2cc1Oc1cc3c(cc1OC)CCN[C@@H]3Cc1ccc(cc1)Oc1c3c(cc4c1[C@@H](C2)N(C)CC4)OCO3. The number of nitrogens with one attached hydrogen (secondary N) is 1. The zero-order chi connectivity index (χ0) is 29.8. The number of hydrogen-bond acceptors (Lipinski definition) is 8. The number of ether oxygens (including phenoxy) is 6. The van der Waals surface area contributed by atoms with Crippen molar-refractivity contribution in [3.8, 4) is 46.0 Å². The van der Waals surface area contributed by atoms with Crippen LogP contribution >= 0.6 is 0 Å². The van der Waals surface area contributed by atoms with E-state index in [-0.39, 0.29) is 18.9 Å². The monoisotopic (exact) mass is 592 g/mol. The first-order valence-corrected chi connectivity index (χ1v) is 15.3. The van der Waals surface area contributed by atoms with Gasteiger partial charge in [0, 0.05) is 24.2 Å². The molecule has 8 heteroatoms. The van der Waals surface area contributed by atoms with Crippen molar-refractivity contribution in [2.75, 3.05) is 41.1 Å². The smallest absolute Gasteiger partial charge is 0.231 e. The van der Waals surface area contributed by atoms with Gasteiger partial charge in [0.15, 0.2) is 34.5 Å². The zero-order valence-electron chi connectivity index (χ0n) is 25.3. The number of hydrogen-bond donors (Lipinski definition) is 1. The predicted molar refractivity (Wildman–Crippen MR) is 166 cm³/mol. The maximum absolute atomic E-state index is 6.73. The molecule has 0 saturated heterocycles. The highest BCUT2D eigenvalue weighted by Crippen LogP contribution is 2.52. The normalized spacial score (nSPS) is 20.1. The van der Waals surface area contributed by atoms with Gasteiger partial charge in [-0.3, -0.25) is 4.90 Å². The van der Waals surface area contributed by atoms with Gasteiger partial charge in [-0.2, -0.15) is 0 Å². The van der Waals surface area contributed by atoms with E-state index < -0.39 is 0 Å². The lowest BCUT2D eigenvalue weighted by Gasteiger charge is -2.36. The molecule has 4 aromatic carbocycles. The Bertz CT molecular complexity index is 1740. The molecule has 0 aliphatic carbocycles. The number of methoxy groups -OCH3 is 2. The Morgan fingerprint density at radius 2 is 1.57 bits per heavy atom. The van der Waals surface area contributed by atoms with Crippen molar-refractivity contribution >= 4 is 0 Å². The summed E-state index contributed by atoms with van der Waals surface area (Å²) in [7, 11) is 5.54. The molecule has 0 amide bonds. The summed E-state index contributed by atoms with van der Waals surface area (Å²) < 4.78 is 36.9. The molecule has 8 nitrogen and oxygen atoms in total. The lowest BCUT2D eigenvalue weighted by atomic mass is 9.87. The van der Waals surface area contributed by atoms with Crippen molar-refractivity contribution < 1.29 is 28.4 Å². The molecule has 44 heavy (non-hydrogen) atoms. The fraction of sp³-hybridized carbons (Fsp3) is 0.333. The van der Waals surface area contributed by atoms with Gasteiger partial charge in [0.25, 0.3) is 0 Å². The Morgan fingerprint density at radius 3 is 2.41 bits per heavy atom. The molecule has 4 aromatic rings. The summed E-state index contributed by atoms with van der Waals surface area (Å²) in [5.74, 6) is 5.65. The van der Waals surface area contributed by atoms with Crippen LogP contribution < -0.4 is 33.7 Å². The van der Waals surface area contributed by atoms with Crippen LogP contribution in [0.1, 0.15) is 45.5 Å². The molecule has 1 N–H and O–H groups in total. The minimum absolute atomic E-state index is 0.0489. The number of nitrogens with zero attached hydrogens (tertiary/aromatic N) is 1. The first-order chi connectivity index (χ1) is 21.6. The largest absolute Gasteiger partial charge is 0.493 e. The molecule has 5 aliphatic rings. The van der Waals surface area contributed by atoms with E-state index in [0.717, 1.165) is 72.9 Å². The van der Waals surface area contributed by atoms with Gasteiger partial charge in [-0.1, -0.05) is 18.2 Å². The van der Waals surface area contributed by atoms with E-state index in [9.17, 15) is 0 Å². The molecule has 9 rings (SSSR count). The summed E-state index contributed by atoms with van der Waals surface area (Å²) in [6, 6.07) is 21.2. The Labute approximate surface area is 257 Å². The maximum atomic E-state index is 6.73. The highest BCUT2D eigenvalue weighted by molar-refractivity contribution is 5.63. The quantitative estimate of drug-likeness (QED) is 0.282. The van der Waals surface area contributed by atoms with Crippen LogP contribution in [0.3, 0.4) is 0 Å². The molecule has 0 fully saturated rings. The second kappa shape index (κ2) is 10.9.